The number of nitrogens with zero attached hydrogens (tertiary/aromatic N) is 5. The number of anilines is 1. The molecule has 2 aliphatic rings. The van der Waals surface area contributed by atoms with Gasteiger partial charge >= 0.3 is 6.18 Å². The molecule has 1 saturated carbocycles. The van der Waals surface area contributed by atoms with E-state index in [-0.39, 0.29) is 24.6 Å². The van der Waals surface area contributed by atoms with Crippen molar-refractivity contribution in [3.8, 4) is 11.1 Å². The Kier molecular flexibility index (Phi) is 7.93. The first-order valence-corrected chi connectivity index (χ1v) is 13.5. The molecule has 0 radical (unpaired) electrons. The van der Waals surface area contributed by atoms with E-state index in [2.05, 4.69) is 74.1 Å². The van der Waals surface area contributed by atoms with Crippen LogP contribution in [0.5, 0.6) is 0 Å². The van der Waals surface area contributed by atoms with Gasteiger partial charge in [0.2, 0.25) is 5.95 Å². The molecule has 38 heavy (non-hydrogen) atoms. The quantitative estimate of drug-likeness (QED) is 0.444. The number of aliphatic hydroxyl groups is 1. The van der Waals surface area contributed by atoms with Gasteiger partial charge in [0.1, 0.15) is 5.65 Å². The van der Waals surface area contributed by atoms with Crippen molar-refractivity contribution >= 4 is 17.0 Å². The van der Waals surface area contributed by atoms with Crippen molar-refractivity contribution < 1.29 is 18.3 Å². The van der Waals surface area contributed by atoms with Crippen molar-refractivity contribution in [3.63, 3.8) is 0 Å². The van der Waals surface area contributed by atoms with Crippen LogP contribution in [0.25, 0.3) is 22.2 Å². The summed E-state index contributed by atoms with van der Waals surface area (Å²) in [6, 6.07) is 9.33. The summed E-state index contributed by atoms with van der Waals surface area (Å²) < 4.78 is 40.0. The molecule has 0 amide bonds. The molecule has 5 rings (SSSR count). The smallest absolute Gasteiger partial charge is 0.390 e. The maximum absolute atomic E-state index is 12.6. The third-order valence-electron chi connectivity index (χ3n) is 8.04. The van der Waals surface area contributed by atoms with Crippen LogP contribution >= 0.6 is 0 Å². The largest absolute Gasteiger partial charge is 0.393 e. The molecule has 3 heterocycles. The van der Waals surface area contributed by atoms with Gasteiger partial charge in [-0.25, -0.2) is 4.98 Å². The van der Waals surface area contributed by atoms with Gasteiger partial charge < -0.3 is 19.9 Å². The Morgan fingerprint density at radius 2 is 1.82 bits per heavy atom. The number of fused-ring (bicyclic) bond motifs is 1. The van der Waals surface area contributed by atoms with Crippen LogP contribution in [0, 0.1) is 0 Å². The molecule has 0 spiro atoms. The Bertz CT molecular complexity index is 1220. The molecule has 10 heteroatoms. The first-order valence-electron chi connectivity index (χ1n) is 13.5. The fourth-order valence-electron chi connectivity index (χ4n) is 5.59. The zero-order valence-corrected chi connectivity index (χ0v) is 22.1. The van der Waals surface area contributed by atoms with E-state index in [4.69, 9.17) is 0 Å². The van der Waals surface area contributed by atoms with E-state index in [1.807, 2.05) is 0 Å². The molecule has 3 aromatic rings. The third-order valence-corrected chi connectivity index (χ3v) is 8.04. The first kappa shape index (κ1) is 26.9. The van der Waals surface area contributed by atoms with Crippen LogP contribution in [0.15, 0.2) is 36.7 Å². The Balaban J connectivity index is 1.40. The minimum Gasteiger partial charge on any atom is -0.393 e. The van der Waals surface area contributed by atoms with E-state index in [9.17, 15) is 18.3 Å². The Labute approximate surface area is 221 Å². The molecule has 0 unspecified atom stereocenters. The summed E-state index contributed by atoms with van der Waals surface area (Å²) in [7, 11) is 2.17. The number of alkyl halides is 3. The van der Waals surface area contributed by atoms with Crippen LogP contribution in [0.4, 0.5) is 19.1 Å². The Hall–Kier alpha value is -2.69. The monoisotopic (exact) mass is 530 g/mol. The average Bonchev–Trinajstić information content (AvgIpc) is 3.25. The maximum Gasteiger partial charge on any atom is 0.390 e. The summed E-state index contributed by atoms with van der Waals surface area (Å²) in [5.74, 6) is 0.195. The highest BCUT2D eigenvalue weighted by atomic mass is 19.4. The maximum atomic E-state index is 12.6. The van der Waals surface area contributed by atoms with Crippen molar-refractivity contribution in [2.45, 2.75) is 69.9 Å². The number of rotatable bonds is 7. The number of piperazine rings is 1. The fraction of sp³-hybridized carbons (Fsp3) is 0.571. The van der Waals surface area contributed by atoms with Gasteiger partial charge in [-0.2, -0.15) is 18.2 Å². The highest BCUT2D eigenvalue weighted by Crippen LogP contribution is 2.37. The first-order chi connectivity index (χ1) is 18.2. The predicted molar refractivity (Wildman–Crippen MR) is 143 cm³/mol. The zero-order valence-electron chi connectivity index (χ0n) is 22.1. The number of hydrogen-bond acceptors (Lipinski definition) is 6. The van der Waals surface area contributed by atoms with Crippen molar-refractivity contribution in [2.75, 3.05) is 38.5 Å². The molecule has 1 atom stereocenters. The molecule has 2 N–H and O–H groups in total. The Morgan fingerprint density at radius 1 is 1.08 bits per heavy atom. The molecule has 206 valence electrons. The molecule has 1 aliphatic heterocycles. The lowest BCUT2D eigenvalue weighted by Gasteiger charge is -2.37. The molecule has 0 bridgehead atoms. The zero-order chi connectivity index (χ0) is 26.9. The van der Waals surface area contributed by atoms with E-state index < -0.39 is 12.6 Å². The van der Waals surface area contributed by atoms with Gasteiger partial charge in [0.25, 0.3) is 0 Å². The highest BCUT2D eigenvalue weighted by Gasteiger charge is 2.27. The van der Waals surface area contributed by atoms with Gasteiger partial charge in [-0.05, 0) is 50.8 Å². The number of benzene rings is 1. The summed E-state index contributed by atoms with van der Waals surface area (Å²) in [5.41, 5.74) is 4.04. The van der Waals surface area contributed by atoms with Crippen LogP contribution < -0.4 is 5.32 Å². The minimum absolute atomic E-state index is 0.172. The van der Waals surface area contributed by atoms with E-state index in [1.165, 1.54) is 5.56 Å². The summed E-state index contributed by atoms with van der Waals surface area (Å²) in [6.45, 7) is 6.09. The number of likely N-dealkylation sites (N-methyl/N-ethyl adjacent to an activating group) is 1. The SMILES string of the molecule is C[C@H]1CN(Cc2ccc(-c3cn(C4CCC(O)CC4)c4nc(NCCC(F)(F)F)ncc34)cc2)CCN1C. The van der Waals surface area contributed by atoms with Crippen molar-refractivity contribution in [1.29, 1.82) is 0 Å². The second-order valence-corrected chi connectivity index (χ2v) is 10.9. The molecule has 2 fully saturated rings. The molecule has 1 aliphatic carbocycles. The second-order valence-electron chi connectivity index (χ2n) is 10.9. The van der Waals surface area contributed by atoms with Crippen LogP contribution in [0.2, 0.25) is 0 Å². The number of aromatic nitrogens is 3. The van der Waals surface area contributed by atoms with Gasteiger partial charge in [-0.15, -0.1) is 0 Å². The number of aliphatic hydroxyl groups excluding tert-OH is 1. The lowest BCUT2D eigenvalue weighted by molar-refractivity contribution is -0.131. The summed E-state index contributed by atoms with van der Waals surface area (Å²) >= 11 is 0. The average molecular weight is 531 g/mol. The topological polar surface area (TPSA) is 69.5 Å². The molecular weight excluding hydrogens is 493 g/mol. The van der Waals surface area contributed by atoms with Gasteiger partial charge in [0.05, 0.1) is 12.5 Å². The van der Waals surface area contributed by atoms with E-state index >= 15 is 0 Å². The van der Waals surface area contributed by atoms with Crippen molar-refractivity contribution in [1.82, 2.24) is 24.3 Å². The Morgan fingerprint density at radius 3 is 2.50 bits per heavy atom. The number of nitrogens with one attached hydrogen (secondary N) is 1. The van der Waals surface area contributed by atoms with Gasteiger partial charge in [0, 0.05) is 68.2 Å². The van der Waals surface area contributed by atoms with Crippen LogP contribution in [0.3, 0.4) is 0 Å². The van der Waals surface area contributed by atoms with E-state index in [0.717, 1.165) is 68.4 Å². The number of halogens is 3. The van der Waals surface area contributed by atoms with Gasteiger partial charge in [-0.1, -0.05) is 24.3 Å². The lowest BCUT2D eigenvalue weighted by atomic mass is 9.93. The molecule has 7 nitrogen and oxygen atoms in total. The van der Waals surface area contributed by atoms with Gasteiger partial charge in [-0.3, -0.25) is 4.90 Å². The summed E-state index contributed by atoms with van der Waals surface area (Å²) in [5, 5.41) is 13.6. The normalized spacial score (nSPS) is 23.7. The van der Waals surface area contributed by atoms with E-state index in [0.29, 0.717) is 11.7 Å². The summed E-state index contributed by atoms with van der Waals surface area (Å²) in [6.07, 6.45) is 1.45. The van der Waals surface area contributed by atoms with Crippen molar-refractivity contribution in [3.05, 3.63) is 42.2 Å². The molecule has 2 aromatic heterocycles. The van der Waals surface area contributed by atoms with Gasteiger partial charge in [0.15, 0.2) is 0 Å². The van der Waals surface area contributed by atoms with Crippen LogP contribution in [0.1, 0.15) is 50.6 Å². The standard InChI is InChI=1S/C28H37F3N6O/c1-19-16-36(14-13-35(19)2)17-20-3-5-21(6-4-20)25-18-37(22-7-9-23(38)10-8-22)26-24(25)15-33-27(34-26)32-12-11-28(29,30)31/h3-6,15,18-19,22-23,38H,7-14,16-17H2,1-2H3,(H,32,33,34)/t19-,22?,23?/m0/s1. The minimum atomic E-state index is -4.23. The highest BCUT2D eigenvalue weighted by molar-refractivity contribution is 5.94. The molecule has 1 aromatic carbocycles. The third kappa shape index (κ3) is 6.30. The van der Waals surface area contributed by atoms with Crippen molar-refractivity contribution in [2.24, 2.45) is 0 Å². The van der Waals surface area contributed by atoms with Crippen LogP contribution in [-0.4, -0.2) is 81.0 Å². The number of hydrogen-bond donors (Lipinski definition) is 2. The lowest BCUT2D eigenvalue weighted by Crippen LogP contribution is -2.49. The summed E-state index contributed by atoms with van der Waals surface area (Å²) in [4.78, 5) is 13.9. The predicted octanol–water partition coefficient (Wildman–Crippen LogP) is 5.07. The second kappa shape index (κ2) is 11.2. The fourth-order valence-corrected chi connectivity index (χ4v) is 5.59. The molecular formula is C28H37F3N6O. The molecule has 1 saturated heterocycles. The van der Waals surface area contributed by atoms with Crippen LogP contribution in [-0.2, 0) is 6.54 Å². The van der Waals surface area contributed by atoms with E-state index in [1.54, 1.807) is 6.20 Å².